The molecule has 10 heteroatoms. The Morgan fingerprint density at radius 3 is 2.93 bits per heavy atom. The maximum absolute atomic E-state index is 12.7. The SMILES string of the molecule is CCN(CC1COc2ccccc2O1)C(=O)CSc1nnc(NCc2ccco2)s1. The molecule has 1 aromatic carbocycles. The predicted molar refractivity (Wildman–Crippen MR) is 115 cm³/mol. The molecule has 1 aliphatic heterocycles. The Hall–Kier alpha value is -2.72. The van der Waals surface area contributed by atoms with Crippen molar-refractivity contribution in [3.63, 3.8) is 0 Å². The minimum absolute atomic E-state index is 0.0326. The highest BCUT2D eigenvalue weighted by atomic mass is 32.2. The van der Waals surface area contributed by atoms with E-state index in [4.69, 9.17) is 13.9 Å². The number of likely N-dealkylation sites (N-methyl/N-ethyl adjacent to an activating group) is 1. The molecule has 0 saturated heterocycles. The Labute approximate surface area is 182 Å². The number of anilines is 1. The second-order valence-electron chi connectivity index (χ2n) is 6.52. The van der Waals surface area contributed by atoms with E-state index in [-0.39, 0.29) is 12.0 Å². The maximum Gasteiger partial charge on any atom is 0.233 e. The van der Waals surface area contributed by atoms with Gasteiger partial charge in [-0.15, -0.1) is 10.2 Å². The first-order valence-electron chi connectivity index (χ1n) is 9.60. The van der Waals surface area contributed by atoms with Gasteiger partial charge in [-0.25, -0.2) is 0 Å². The normalized spacial score (nSPS) is 15.0. The first-order valence-corrected chi connectivity index (χ1v) is 11.4. The number of amides is 1. The van der Waals surface area contributed by atoms with E-state index >= 15 is 0 Å². The van der Waals surface area contributed by atoms with Crippen molar-refractivity contribution in [3.05, 3.63) is 48.4 Å². The Balaban J connectivity index is 1.24. The number of fused-ring (bicyclic) bond motifs is 1. The molecule has 1 unspecified atom stereocenters. The summed E-state index contributed by atoms with van der Waals surface area (Å²) in [6.07, 6.45) is 1.44. The van der Waals surface area contributed by atoms with E-state index < -0.39 is 0 Å². The number of ether oxygens (including phenoxy) is 2. The molecule has 1 atom stereocenters. The molecule has 8 nitrogen and oxygen atoms in total. The summed E-state index contributed by atoms with van der Waals surface area (Å²) in [4.78, 5) is 14.5. The van der Waals surface area contributed by atoms with Crippen LogP contribution in [0.3, 0.4) is 0 Å². The number of rotatable bonds is 9. The number of nitrogens with one attached hydrogen (secondary N) is 1. The number of para-hydroxylation sites is 2. The van der Waals surface area contributed by atoms with E-state index in [9.17, 15) is 4.79 Å². The number of furan rings is 1. The lowest BCUT2D eigenvalue weighted by Crippen LogP contribution is -2.44. The van der Waals surface area contributed by atoms with Crippen LogP contribution < -0.4 is 14.8 Å². The number of benzene rings is 1. The molecule has 158 valence electrons. The molecule has 4 rings (SSSR count). The second kappa shape index (κ2) is 9.86. The highest BCUT2D eigenvalue weighted by molar-refractivity contribution is 8.01. The van der Waals surface area contributed by atoms with E-state index in [1.807, 2.05) is 43.3 Å². The topological polar surface area (TPSA) is 89.7 Å². The molecule has 0 fully saturated rings. The van der Waals surface area contributed by atoms with Crippen LogP contribution in [0, 0.1) is 0 Å². The van der Waals surface area contributed by atoms with E-state index in [0.29, 0.717) is 37.1 Å². The Morgan fingerprint density at radius 1 is 1.27 bits per heavy atom. The monoisotopic (exact) mass is 446 g/mol. The van der Waals surface area contributed by atoms with E-state index in [0.717, 1.165) is 21.6 Å². The number of nitrogens with zero attached hydrogens (tertiary/aromatic N) is 3. The Kier molecular flexibility index (Phi) is 6.75. The molecule has 0 spiro atoms. The van der Waals surface area contributed by atoms with Gasteiger partial charge in [0.05, 0.1) is 25.1 Å². The maximum atomic E-state index is 12.7. The lowest BCUT2D eigenvalue weighted by molar-refractivity contribution is -0.129. The Bertz CT molecular complexity index is 963. The number of thioether (sulfide) groups is 1. The van der Waals surface area contributed by atoms with Gasteiger partial charge in [0.1, 0.15) is 12.4 Å². The number of carbonyl (C=O) groups is 1. The number of carbonyl (C=O) groups excluding carboxylic acids is 1. The van der Waals surface area contributed by atoms with Crippen LogP contribution in [0.5, 0.6) is 11.5 Å². The fraction of sp³-hybridized carbons (Fsp3) is 0.350. The summed E-state index contributed by atoms with van der Waals surface area (Å²) in [6, 6.07) is 11.3. The molecule has 0 saturated carbocycles. The van der Waals surface area contributed by atoms with Crippen LogP contribution in [-0.4, -0.2) is 52.6 Å². The minimum atomic E-state index is -0.187. The van der Waals surface area contributed by atoms with Crippen molar-refractivity contribution >= 4 is 34.1 Å². The summed E-state index contributed by atoms with van der Waals surface area (Å²) >= 11 is 2.80. The van der Waals surface area contributed by atoms with Crippen molar-refractivity contribution < 1.29 is 18.7 Å². The van der Waals surface area contributed by atoms with Gasteiger partial charge in [0.25, 0.3) is 0 Å². The molecule has 3 heterocycles. The number of hydrogen-bond acceptors (Lipinski definition) is 9. The molecule has 30 heavy (non-hydrogen) atoms. The fourth-order valence-corrected chi connectivity index (χ4v) is 4.59. The van der Waals surface area contributed by atoms with Crippen molar-refractivity contribution in [3.8, 4) is 11.5 Å². The van der Waals surface area contributed by atoms with Crippen LogP contribution >= 0.6 is 23.1 Å². The van der Waals surface area contributed by atoms with E-state index in [1.54, 1.807) is 11.2 Å². The molecule has 1 amide bonds. The van der Waals surface area contributed by atoms with Crippen molar-refractivity contribution in [1.29, 1.82) is 0 Å². The van der Waals surface area contributed by atoms with Gasteiger partial charge >= 0.3 is 0 Å². The van der Waals surface area contributed by atoms with Gasteiger partial charge in [0.2, 0.25) is 11.0 Å². The number of aromatic nitrogens is 2. The van der Waals surface area contributed by atoms with Crippen LogP contribution in [0.2, 0.25) is 0 Å². The smallest absolute Gasteiger partial charge is 0.233 e. The summed E-state index contributed by atoms with van der Waals surface area (Å²) in [5.41, 5.74) is 0. The largest absolute Gasteiger partial charge is 0.486 e. The van der Waals surface area contributed by atoms with Gasteiger partial charge in [0.15, 0.2) is 21.9 Å². The number of hydrogen-bond donors (Lipinski definition) is 1. The standard InChI is InChI=1S/C20H22N4O4S2/c1-2-24(11-15-12-27-16-7-3-4-8-17(16)28-15)18(25)13-29-20-23-22-19(30-20)21-10-14-6-5-9-26-14/h3-9,15H,2,10-13H2,1H3,(H,21,22). The first kappa shape index (κ1) is 20.5. The molecular weight excluding hydrogens is 424 g/mol. The Morgan fingerprint density at radius 2 is 2.13 bits per heavy atom. The summed E-state index contributed by atoms with van der Waals surface area (Å²) in [5, 5.41) is 12.1. The van der Waals surface area contributed by atoms with Crippen LogP contribution in [0.25, 0.3) is 0 Å². The zero-order valence-corrected chi connectivity index (χ0v) is 18.1. The van der Waals surface area contributed by atoms with Gasteiger partial charge in [-0.3, -0.25) is 4.79 Å². The molecule has 0 bridgehead atoms. The van der Waals surface area contributed by atoms with E-state index in [2.05, 4.69) is 15.5 Å². The molecule has 2 aromatic heterocycles. The van der Waals surface area contributed by atoms with Crippen molar-refractivity contribution in [1.82, 2.24) is 15.1 Å². The van der Waals surface area contributed by atoms with Gasteiger partial charge in [-0.2, -0.15) is 0 Å². The quantitative estimate of drug-likeness (QED) is 0.500. The minimum Gasteiger partial charge on any atom is -0.486 e. The summed E-state index contributed by atoms with van der Waals surface area (Å²) in [6.45, 7) is 4.02. The predicted octanol–water partition coefficient (Wildman–Crippen LogP) is 3.52. The molecule has 3 aromatic rings. The van der Waals surface area contributed by atoms with Crippen LogP contribution in [0.1, 0.15) is 12.7 Å². The molecular formula is C20H22N4O4S2. The average Bonchev–Trinajstić information content (AvgIpc) is 3.46. The van der Waals surface area contributed by atoms with E-state index in [1.165, 1.54) is 23.1 Å². The lowest BCUT2D eigenvalue weighted by atomic mass is 10.2. The highest BCUT2D eigenvalue weighted by Gasteiger charge is 2.25. The third kappa shape index (κ3) is 5.25. The van der Waals surface area contributed by atoms with Gasteiger partial charge in [0, 0.05) is 6.54 Å². The third-order valence-electron chi connectivity index (χ3n) is 4.45. The van der Waals surface area contributed by atoms with Crippen molar-refractivity contribution in [2.45, 2.75) is 23.9 Å². The van der Waals surface area contributed by atoms with Gasteiger partial charge < -0.3 is 24.1 Å². The molecule has 0 aliphatic carbocycles. The lowest BCUT2D eigenvalue weighted by Gasteiger charge is -2.30. The van der Waals surface area contributed by atoms with Crippen LogP contribution in [0.15, 0.2) is 51.4 Å². The first-order chi connectivity index (χ1) is 14.7. The van der Waals surface area contributed by atoms with Gasteiger partial charge in [-0.1, -0.05) is 35.2 Å². The summed E-state index contributed by atoms with van der Waals surface area (Å²) in [5.74, 6) is 2.61. The average molecular weight is 447 g/mol. The third-order valence-corrected chi connectivity index (χ3v) is 6.44. The van der Waals surface area contributed by atoms with Crippen molar-refractivity contribution in [2.24, 2.45) is 0 Å². The molecule has 1 N–H and O–H groups in total. The second-order valence-corrected chi connectivity index (χ2v) is 8.72. The molecule has 1 aliphatic rings. The molecule has 0 radical (unpaired) electrons. The van der Waals surface area contributed by atoms with Gasteiger partial charge in [-0.05, 0) is 31.2 Å². The van der Waals surface area contributed by atoms with Crippen LogP contribution in [0.4, 0.5) is 5.13 Å². The summed E-state index contributed by atoms with van der Waals surface area (Å²) in [7, 11) is 0. The zero-order chi connectivity index (χ0) is 20.8. The highest BCUT2D eigenvalue weighted by Crippen LogP contribution is 2.31. The van der Waals surface area contributed by atoms with Crippen LogP contribution in [-0.2, 0) is 11.3 Å². The summed E-state index contributed by atoms with van der Waals surface area (Å²) < 4.78 is 17.7. The fourth-order valence-electron chi connectivity index (χ4n) is 2.94. The van der Waals surface area contributed by atoms with Crippen molar-refractivity contribution in [2.75, 3.05) is 30.8 Å². The zero-order valence-electron chi connectivity index (χ0n) is 16.4.